The molecule has 4 rings (SSSR count). The van der Waals surface area contributed by atoms with Gasteiger partial charge in [0.2, 0.25) is 15.9 Å². The van der Waals surface area contributed by atoms with Crippen LogP contribution in [0.2, 0.25) is 0 Å². The van der Waals surface area contributed by atoms with Gasteiger partial charge in [0.15, 0.2) is 0 Å². The first-order valence-corrected chi connectivity index (χ1v) is 14.8. The third kappa shape index (κ3) is 6.38. The van der Waals surface area contributed by atoms with Crippen LogP contribution in [-0.4, -0.2) is 33.0 Å². The summed E-state index contributed by atoms with van der Waals surface area (Å²) in [6.45, 7) is -0.203. The Labute approximate surface area is 221 Å². The first kappa shape index (κ1) is 26.9. The Morgan fingerprint density at radius 3 is 2.34 bits per heavy atom. The van der Waals surface area contributed by atoms with E-state index in [-0.39, 0.29) is 11.4 Å². The molecule has 4 aromatic rings. The standard InChI is InChI=1S/C27H26N4O5S2/c1-37(33,34)29-18-22-10-7-11-23(21-8-3-2-4-9-21)27(22)38(35,36)31-17-16-20(19-31)14-15-26(32)30-25-13-6-5-12-24(25)28/h2-17,19,29H,18,28H2,1H3,(H,30,32)/b15-14+. The summed E-state index contributed by atoms with van der Waals surface area (Å²) in [6, 6.07) is 22.3. The van der Waals surface area contributed by atoms with Crippen LogP contribution in [0.4, 0.5) is 11.4 Å². The van der Waals surface area contributed by atoms with E-state index in [1.807, 2.05) is 6.07 Å². The minimum Gasteiger partial charge on any atom is -0.397 e. The Bertz CT molecular complexity index is 1710. The number of hydrogen-bond donors (Lipinski definition) is 3. The number of carbonyl (C=O) groups is 1. The van der Waals surface area contributed by atoms with Gasteiger partial charge in [-0.05, 0) is 41.0 Å². The average molecular weight is 551 g/mol. The number of hydrogen-bond acceptors (Lipinski definition) is 6. The monoisotopic (exact) mass is 550 g/mol. The van der Waals surface area contributed by atoms with Crippen LogP contribution in [-0.2, 0) is 31.4 Å². The predicted molar refractivity (Wildman–Crippen MR) is 149 cm³/mol. The second-order valence-electron chi connectivity index (χ2n) is 8.44. The Balaban J connectivity index is 1.68. The Morgan fingerprint density at radius 1 is 0.921 bits per heavy atom. The van der Waals surface area contributed by atoms with Gasteiger partial charge in [0, 0.05) is 30.6 Å². The zero-order chi connectivity index (χ0) is 27.3. The molecule has 196 valence electrons. The molecular weight excluding hydrogens is 524 g/mol. The van der Waals surface area contributed by atoms with E-state index in [1.54, 1.807) is 72.8 Å². The van der Waals surface area contributed by atoms with Crippen LogP contribution in [0.15, 0.2) is 102 Å². The van der Waals surface area contributed by atoms with Crippen molar-refractivity contribution >= 4 is 43.4 Å². The zero-order valence-corrected chi connectivity index (χ0v) is 22.0. The van der Waals surface area contributed by atoms with Crippen molar-refractivity contribution in [1.29, 1.82) is 0 Å². The van der Waals surface area contributed by atoms with Crippen LogP contribution in [0.25, 0.3) is 17.2 Å². The Morgan fingerprint density at radius 2 is 1.63 bits per heavy atom. The molecule has 0 bridgehead atoms. The number of nitrogens with zero attached hydrogens (tertiary/aromatic N) is 1. The molecule has 3 aromatic carbocycles. The van der Waals surface area contributed by atoms with E-state index in [4.69, 9.17) is 5.73 Å². The lowest BCUT2D eigenvalue weighted by molar-refractivity contribution is -0.111. The van der Waals surface area contributed by atoms with Gasteiger partial charge in [-0.3, -0.25) is 4.79 Å². The maximum Gasteiger partial charge on any atom is 0.268 e. The summed E-state index contributed by atoms with van der Waals surface area (Å²) in [4.78, 5) is 12.3. The molecule has 0 spiro atoms. The Kier molecular flexibility index (Phi) is 7.81. The van der Waals surface area contributed by atoms with Gasteiger partial charge in [0.1, 0.15) is 4.90 Å². The van der Waals surface area contributed by atoms with Crippen molar-refractivity contribution in [3.63, 3.8) is 0 Å². The quantitative estimate of drug-likeness (QED) is 0.215. The fourth-order valence-electron chi connectivity index (χ4n) is 3.79. The first-order valence-electron chi connectivity index (χ1n) is 11.4. The second kappa shape index (κ2) is 11.1. The van der Waals surface area contributed by atoms with Crippen LogP contribution in [0.3, 0.4) is 0 Å². The average Bonchev–Trinajstić information content (AvgIpc) is 3.38. The third-order valence-corrected chi connectivity index (χ3v) is 8.03. The van der Waals surface area contributed by atoms with E-state index in [2.05, 4.69) is 10.0 Å². The maximum atomic E-state index is 13.9. The number of carbonyl (C=O) groups excluding carboxylic acids is 1. The molecule has 0 aliphatic heterocycles. The molecule has 9 nitrogen and oxygen atoms in total. The number of para-hydroxylation sites is 2. The largest absolute Gasteiger partial charge is 0.397 e. The number of nitrogens with one attached hydrogen (secondary N) is 2. The number of sulfonamides is 1. The minimum absolute atomic E-state index is 0.0224. The molecule has 1 aromatic heterocycles. The van der Waals surface area contributed by atoms with E-state index in [1.165, 1.54) is 24.5 Å². The number of rotatable bonds is 9. The van der Waals surface area contributed by atoms with Crippen molar-refractivity contribution < 1.29 is 21.6 Å². The summed E-state index contributed by atoms with van der Waals surface area (Å²) >= 11 is 0. The summed E-state index contributed by atoms with van der Waals surface area (Å²) in [6.07, 6.45) is 6.52. The van der Waals surface area contributed by atoms with Crippen molar-refractivity contribution in [3.05, 3.63) is 108 Å². The van der Waals surface area contributed by atoms with Crippen molar-refractivity contribution in [2.24, 2.45) is 0 Å². The van der Waals surface area contributed by atoms with Gasteiger partial charge in [-0.2, -0.15) is 0 Å². The molecule has 1 amide bonds. The SMILES string of the molecule is CS(=O)(=O)NCc1cccc(-c2ccccc2)c1S(=O)(=O)n1ccc(/C=C/C(=O)Nc2ccccc2N)c1. The lowest BCUT2D eigenvalue weighted by Crippen LogP contribution is -2.23. The second-order valence-corrected chi connectivity index (χ2v) is 12.1. The van der Waals surface area contributed by atoms with E-state index in [0.717, 1.165) is 10.2 Å². The molecule has 0 aliphatic carbocycles. The van der Waals surface area contributed by atoms with E-state index in [0.29, 0.717) is 33.6 Å². The van der Waals surface area contributed by atoms with Gasteiger partial charge >= 0.3 is 0 Å². The highest BCUT2D eigenvalue weighted by Gasteiger charge is 2.25. The molecule has 0 unspecified atom stereocenters. The smallest absolute Gasteiger partial charge is 0.268 e. The van der Waals surface area contributed by atoms with E-state index < -0.39 is 26.0 Å². The fraction of sp³-hybridized carbons (Fsp3) is 0.0741. The van der Waals surface area contributed by atoms with Gasteiger partial charge in [-0.1, -0.05) is 60.7 Å². The van der Waals surface area contributed by atoms with Crippen molar-refractivity contribution in [1.82, 2.24) is 8.69 Å². The molecule has 0 saturated carbocycles. The summed E-state index contributed by atoms with van der Waals surface area (Å²) in [5.74, 6) is -0.429. The number of amides is 1. The van der Waals surface area contributed by atoms with Crippen molar-refractivity contribution in [3.8, 4) is 11.1 Å². The molecule has 0 atom stereocenters. The molecule has 11 heteroatoms. The number of aromatic nitrogens is 1. The van der Waals surface area contributed by atoms with Gasteiger partial charge in [-0.15, -0.1) is 0 Å². The summed E-state index contributed by atoms with van der Waals surface area (Å²) < 4.78 is 54.7. The fourth-order valence-corrected chi connectivity index (χ4v) is 5.83. The molecule has 38 heavy (non-hydrogen) atoms. The molecule has 0 fully saturated rings. The Hall–Kier alpha value is -4.19. The number of nitrogens with two attached hydrogens (primary N) is 1. The maximum absolute atomic E-state index is 13.9. The highest BCUT2D eigenvalue weighted by Crippen LogP contribution is 2.32. The van der Waals surface area contributed by atoms with Crippen molar-refractivity contribution in [2.45, 2.75) is 11.4 Å². The highest BCUT2D eigenvalue weighted by molar-refractivity contribution is 7.90. The molecule has 0 radical (unpaired) electrons. The van der Waals surface area contributed by atoms with Crippen LogP contribution in [0.1, 0.15) is 11.1 Å². The summed E-state index contributed by atoms with van der Waals surface area (Å²) in [7, 11) is -7.73. The molecular formula is C27H26N4O5S2. The zero-order valence-electron chi connectivity index (χ0n) is 20.4. The van der Waals surface area contributed by atoms with Crippen molar-refractivity contribution in [2.75, 3.05) is 17.3 Å². The van der Waals surface area contributed by atoms with Crippen LogP contribution >= 0.6 is 0 Å². The summed E-state index contributed by atoms with van der Waals surface area (Å²) in [5.41, 5.74) is 8.60. The summed E-state index contributed by atoms with van der Waals surface area (Å²) in [5, 5.41) is 2.67. The van der Waals surface area contributed by atoms with Gasteiger partial charge in [-0.25, -0.2) is 25.5 Å². The molecule has 1 heterocycles. The molecule has 0 saturated heterocycles. The number of benzene rings is 3. The van der Waals surface area contributed by atoms with E-state index >= 15 is 0 Å². The number of anilines is 2. The first-order chi connectivity index (χ1) is 18.0. The van der Waals surface area contributed by atoms with Gasteiger partial charge in [0.05, 0.1) is 17.6 Å². The van der Waals surface area contributed by atoms with Crippen LogP contribution in [0.5, 0.6) is 0 Å². The third-order valence-electron chi connectivity index (χ3n) is 5.58. The highest BCUT2D eigenvalue weighted by atomic mass is 32.2. The molecule has 0 aliphatic rings. The molecule has 4 N–H and O–H groups in total. The predicted octanol–water partition coefficient (Wildman–Crippen LogP) is 3.68. The number of nitrogen functional groups attached to an aromatic ring is 1. The topological polar surface area (TPSA) is 140 Å². The van der Waals surface area contributed by atoms with Gasteiger partial charge in [0.25, 0.3) is 10.0 Å². The lowest BCUT2D eigenvalue weighted by Gasteiger charge is -2.16. The normalized spacial score (nSPS) is 12.0. The van der Waals surface area contributed by atoms with Gasteiger partial charge < -0.3 is 11.1 Å². The lowest BCUT2D eigenvalue weighted by atomic mass is 10.0. The van der Waals surface area contributed by atoms with Crippen LogP contribution < -0.4 is 15.8 Å². The van der Waals surface area contributed by atoms with E-state index in [9.17, 15) is 21.6 Å². The minimum atomic E-state index is -4.16. The van der Waals surface area contributed by atoms with Crippen LogP contribution in [0, 0.1) is 0 Å².